The number of rotatable bonds is 6. The molecule has 0 spiro atoms. The lowest BCUT2D eigenvalue weighted by Crippen LogP contribution is -2.49. The Hall–Kier alpha value is -3.99. The van der Waals surface area contributed by atoms with Crippen LogP contribution in [-0.4, -0.2) is 70.1 Å². The molecule has 1 aromatic carbocycles. The fourth-order valence-corrected chi connectivity index (χ4v) is 8.02. The molecule has 0 saturated heterocycles. The predicted octanol–water partition coefficient (Wildman–Crippen LogP) is 6.12. The van der Waals surface area contributed by atoms with Crippen LogP contribution in [0.2, 0.25) is 0 Å². The summed E-state index contributed by atoms with van der Waals surface area (Å²) in [5.41, 5.74) is 1.98. The molecule has 2 N–H and O–H groups in total. The third kappa shape index (κ3) is 6.46. The van der Waals surface area contributed by atoms with Crippen molar-refractivity contribution in [3.8, 4) is 22.2 Å². The van der Waals surface area contributed by atoms with Gasteiger partial charge in [0.25, 0.3) is 0 Å². The Labute approximate surface area is 279 Å². The van der Waals surface area contributed by atoms with Gasteiger partial charge in [-0.2, -0.15) is 0 Å². The maximum Gasteiger partial charge on any atom is 0.329 e. The first-order chi connectivity index (χ1) is 22.5. The molecule has 47 heavy (non-hydrogen) atoms. The molecular weight excluding hydrogens is 616 g/mol. The van der Waals surface area contributed by atoms with Gasteiger partial charge < -0.3 is 24.8 Å². The standard InChI is InChI=1S/C36H44N4O6S/c1-20(2)28-19-47-33(38-28)27-17-30(24-12-13-29(45-5)21(3)31(24)37-27)46-23-15-25-26(16-23)34(42)40(4)14-10-8-6-7-9-11-22-18-36(22,35(43)44)39-32(25)41/h7,9,12-13,17,19-20,22-23,25-26H,6,8,10-11,14-16,18H2,1-5H3,(H,39,41)(H,43,44)/b9-7-. The molecular formula is C36H44N4O6S. The lowest BCUT2D eigenvalue weighted by molar-refractivity contribution is -0.145. The number of carbonyl (C=O) groups is 3. The number of pyridine rings is 1. The van der Waals surface area contributed by atoms with Crippen molar-refractivity contribution >= 4 is 40.0 Å². The summed E-state index contributed by atoms with van der Waals surface area (Å²) in [6, 6.07) is 5.71. The molecule has 2 saturated carbocycles. The number of carbonyl (C=O) groups excluding carboxylic acids is 2. The second-order valence-electron chi connectivity index (χ2n) is 13.6. The van der Waals surface area contributed by atoms with Gasteiger partial charge in [-0.25, -0.2) is 14.8 Å². The number of carboxylic acid groups (broad SMARTS) is 1. The summed E-state index contributed by atoms with van der Waals surface area (Å²) in [5.74, 6) is -1.45. The number of ether oxygens (including phenoxy) is 2. The van der Waals surface area contributed by atoms with Crippen molar-refractivity contribution < 1.29 is 29.0 Å². The fourth-order valence-electron chi connectivity index (χ4n) is 7.08. The summed E-state index contributed by atoms with van der Waals surface area (Å²) in [5, 5.41) is 16.7. The largest absolute Gasteiger partial charge is 0.496 e. The monoisotopic (exact) mass is 660 g/mol. The number of nitrogens with zero attached hydrogens (tertiary/aromatic N) is 3. The Morgan fingerprint density at radius 1 is 1.13 bits per heavy atom. The van der Waals surface area contributed by atoms with Gasteiger partial charge in [-0.1, -0.05) is 26.0 Å². The molecule has 0 radical (unpaired) electrons. The first-order valence-electron chi connectivity index (χ1n) is 16.6. The number of thiazole rings is 1. The van der Waals surface area contributed by atoms with Crippen LogP contribution in [0.4, 0.5) is 0 Å². The third-order valence-corrected chi connectivity index (χ3v) is 11.0. The van der Waals surface area contributed by atoms with E-state index in [1.54, 1.807) is 19.1 Å². The van der Waals surface area contributed by atoms with Crippen LogP contribution in [0.5, 0.6) is 11.5 Å². The number of nitrogens with one attached hydrogen (secondary N) is 1. The van der Waals surface area contributed by atoms with Crippen molar-refractivity contribution in [3.05, 3.63) is 47.0 Å². The number of aliphatic carboxylic acids is 1. The number of hydrogen-bond acceptors (Lipinski definition) is 8. The van der Waals surface area contributed by atoms with E-state index in [1.807, 2.05) is 36.6 Å². The number of allylic oxidation sites excluding steroid dienone is 2. The fraction of sp³-hybridized carbons (Fsp3) is 0.528. The molecule has 5 unspecified atom stereocenters. The average molecular weight is 661 g/mol. The topological polar surface area (TPSA) is 131 Å². The minimum Gasteiger partial charge on any atom is -0.496 e. The number of aryl methyl sites for hydroxylation is 1. The summed E-state index contributed by atoms with van der Waals surface area (Å²) in [6.07, 6.45) is 7.92. The molecule has 10 nitrogen and oxygen atoms in total. The van der Waals surface area contributed by atoms with E-state index in [4.69, 9.17) is 19.4 Å². The van der Waals surface area contributed by atoms with Crippen LogP contribution >= 0.6 is 11.3 Å². The Morgan fingerprint density at radius 3 is 2.64 bits per heavy atom. The second-order valence-corrected chi connectivity index (χ2v) is 14.4. The summed E-state index contributed by atoms with van der Waals surface area (Å²) in [4.78, 5) is 51.7. The van der Waals surface area contributed by atoms with E-state index < -0.39 is 35.4 Å². The summed E-state index contributed by atoms with van der Waals surface area (Å²) >= 11 is 1.53. The van der Waals surface area contributed by atoms with Crippen molar-refractivity contribution in [2.45, 2.75) is 83.3 Å². The first-order valence-corrected chi connectivity index (χ1v) is 17.5. The molecule has 11 heteroatoms. The number of fused-ring (bicyclic) bond motifs is 3. The van der Waals surface area contributed by atoms with Crippen LogP contribution in [0.3, 0.4) is 0 Å². The summed E-state index contributed by atoms with van der Waals surface area (Å²) in [6.45, 7) is 6.76. The van der Waals surface area contributed by atoms with Gasteiger partial charge in [0, 0.05) is 36.0 Å². The van der Waals surface area contributed by atoms with Gasteiger partial charge in [0.1, 0.15) is 33.8 Å². The number of carboxylic acids is 1. The van der Waals surface area contributed by atoms with Crippen molar-refractivity contribution in [2.24, 2.45) is 17.8 Å². The lowest BCUT2D eigenvalue weighted by atomic mass is 9.93. The minimum atomic E-state index is -1.30. The van der Waals surface area contributed by atoms with Gasteiger partial charge in [-0.15, -0.1) is 11.3 Å². The van der Waals surface area contributed by atoms with E-state index in [2.05, 4.69) is 25.2 Å². The first kappa shape index (κ1) is 32.9. The number of benzene rings is 1. The zero-order valence-electron chi connectivity index (χ0n) is 27.7. The van der Waals surface area contributed by atoms with Crippen LogP contribution in [0.15, 0.2) is 35.7 Å². The summed E-state index contributed by atoms with van der Waals surface area (Å²) < 4.78 is 12.3. The highest BCUT2D eigenvalue weighted by molar-refractivity contribution is 7.13. The Morgan fingerprint density at radius 2 is 1.91 bits per heavy atom. The molecule has 3 aromatic rings. The normalized spacial score (nSPS) is 27.4. The van der Waals surface area contributed by atoms with Gasteiger partial charge >= 0.3 is 5.97 Å². The molecule has 2 fully saturated rings. The van der Waals surface area contributed by atoms with Crippen LogP contribution in [-0.2, 0) is 14.4 Å². The van der Waals surface area contributed by atoms with E-state index >= 15 is 0 Å². The van der Waals surface area contributed by atoms with Crippen molar-refractivity contribution in [1.29, 1.82) is 0 Å². The Kier molecular flexibility index (Phi) is 9.29. The van der Waals surface area contributed by atoms with Gasteiger partial charge in [-0.3, -0.25) is 9.59 Å². The van der Waals surface area contributed by atoms with Gasteiger partial charge in [0.05, 0.1) is 30.2 Å². The molecule has 3 heterocycles. The number of aromatic nitrogens is 2. The lowest BCUT2D eigenvalue weighted by Gasteiger charge is -2.25. The molecule has 6 rings (SSSR count). The minimum absolute atomic E-state index is 0.108. The zero-order valence-corrected chi connectivity index (χ0v) is 28.6. The highest BCUT2D eigenvalue weighted by Gasteiger charge is 2.62. The molecule has 2 amide bonds. The SMILES string of the molecule is COc1ccc2c(OC3CC4C(=O)NC5(C(=O)O)CC5C/C=C\CCCCN(C)C(=O)C4C3)cc(-c3nc(C(C)C)cs3)nc2c1C. The average Bonchev–Trinajstić information content (AvgIpc) is 3.35. The number of methoxy groups -OCH3 is 1. The van der Waals surface area contributed by atoms with E-state index in [0.717, 1.165) is 46.4 Å². The zero-order chi connectivity index (χ0) is 33.5. The second kappa shape index (κ2) is 13.3. The van der Waals surface area contributed by atoms with Crippen LogP contribution in [0, 0.1) is 24.7 Å². The highest BCUT2D eigenvalue weighted by Crippen LogP contribution is 2.48. The van der Waals surface area contributed by atoms with E-state index in [9.17, 15) is 19.5 Å². The quantitative estimate of drug-likeness (QED) is 0.303. The van der Waals surface area contributed by atoms with Crippen molar-refractivity contribution in [3.63, 3.8) is 0 Å². The molecule has 0 bridgehead atoms. The van der Waals surface area contributed by atoms with E-state index in [-0.39, 0.29) is 17.7 Å². The Bertz CT molecular complexity index is 1720. The van der Waals surface area contributed by atoms with Crippen LogP contribution in [0.1, 0.15) is 76.0 Å². The van der Waals surface area contributed by atoms with Crippen molar-refractivity contribution in [2.75, 3.05) is 20.7 Å². The number of hydrogen-bond donors (Lipinski definition) is 2. The van der Waals surface area contributed by atoms with E-state index in [1.165, 1.54) is 11.3 Å². The molecule has 5 atom stereocenters. The number of amides is 2. The molecule has 3 aliphatic rings. The molecule has 2 aromatic heterocycles. The van der Waals surface area contributed by atoms with Gasteiger partial charge in [-0.05, 0) is 75.8 Å². The maximum atomic E-state index is 13.9. The summed E-state index contributed by atoms with van der Waals surface area (Å²) in [7, 11) is 3.41. The van der Waals surface area contributed by atoms with Crippen LogP contribution < -0.4 is 14.8 Å². The predicted molar refractivity (Wildman–Crippen MR) is 181 cm³/mol. The maximum absolute atomic E-state index is 13.9. The van der Waals surface area contributed by atoms with Crippen LogP contribution in [0.25, 0.3) is 21.6 Å². The third-order valence-electron chi connectivity index (χ3n) is 10.1. The highest BCUT2D eigenvalue weighted by atomic mass is 32.1. The van der Waals surface area contributed by atoms with Gasteiger partial charge in [0.15, 0.2) is 0 Å². The van der Waals surface area contributed by atoms with Crippen molar-refractivity contribution in [1.82, 2.24) is 20.2 Å². The van der Waals surface area contributed by atoms with E-state index in [0.29, 0.717) is 49.4 Å². The smallest absolute Gasteiger partial charge is 0.329 e. The molecule has 1 aliphatic heterocycles. The molecule has 2 aliphatic carbocycles. The Balaban J connectivity index is 1.34. The van der Waals surface area contributed by atoms with Gasteiger partial charge in [0.2, 0.25) is 11.8 Å². The molecule has 250 valence electrons.